The average Bonchev–Trinajstić information content (AvgIpc) is 2.37. The Hall–Kier alpha value is -0.470. The number of nitrogens with one attached hydrogen (secondary N) is 1. The van der Waals surface area contributed by atoms with Gasteiger partial charge in [0, 0.05) is 31.3 Å². The summed E-state index contributed by atoms with van der Waals surface area (Å²) in [7, 11) is -1.95. The molecule has 7 heteroatoms. The van der Waals surface area contributed by atoms with Gasteiger partial charge in [-0.2, -0.15) is 0 Å². The summed E-state index contributed by atoms with van der Waals surface area (Å²) in [6.07, 6.45) is 0.628. The highest BCUT2D eigenvalue weighted by molar-refractivity contribution is 9.10. The Morgan fingerprint density at radius 3 is 2.68 bits per heavy atom. The number of benzene rings is 1. The highest BCUT2D eigenvalue weighted by Crippen LogP contribution is 2.27. The number of rotatable bonds is 7. The van der Waals surface area contributed by atoms with Crippen LogP contribution in [0.1, 0.15) is 17.5 Å². The number of sulfonamides is 1. The van der Waals surface area contributed by atoms with Gasteiger partial charge in [0.15, 0.2) is 0 Å². The van der Waals surface area contributed by atoms with Crippen molar-refractivity contribution in [2.24, 2.45) is 5.73 Å². The van der Waals surface area contributed by atoms with Crippen molar-refractivity contribution in [1.82, 2.24) is 4.72 Å². The van der Waals surface area contributed by atoms with Crippen molar-refractivity contribution in [2.75, 3.05) is 20.3 Å². The van der Waals surface area contributed by atoms with Gasteiger partial charge < -0.3 is 10.5 Å². The molecule has 0 unspecified atom stereocenters. The minimum atomic E-state index is -3.53. The van der Waals surface area contributed by atoms with Crippen LogP contribution in [0.25, 0.3) is 0 Å². The van der Waals surface area contributed by atoms with Crippen LogP contribution in [0.15, 0.2) is 21.5 Å². The quantitative estimate of drug-likeness (QED) is 0.730. The molecule has 0 aromatic heterocycles. The predicted octanol–water partition coefficient (Wildman–Crippen LogP) is 1.53. The fourth-order valence-corrected chi connectivity index (χ4v) is 3.76. The fourth-order valence-electron chi connectivity index (χ4n) is 1.62. The zero-order chi connectivity index (χ0) is 14.5. The zero-order valence-corrected chi connectivity index (χ0v) is 13.5. The summed E-state index contributed by atoms with van der Waals surface area (Å²) < 4.78 is 32.4. The van der Waals surface area contributed by atoms with Crippen LogP contribution in [0, 0.1) is 6.92 Å². The Bertz CT molecular complexity index is 532. The van der Waals surface area contributed by atoms with Crippen molar-refractivity contribution >= 4 is 26.0 Å². The molecule has 0 saturated heterocycles. The smallest absolute Gasteiger partial charge is 0.241 e. The normalized spacial score (nSPS) is 11.8. The van der Waals surface area contributed by atoms with Crippen LogP contribution in [-0.4, -0.2) is 28.7 Å². The van der Waals surface area contributed by atoms with Gasteiger partial charge in [-0.05, 0) is 46.5 Å². The second-order valence-electron chi connectivity index (χ2n) is 4.17. The molecule has 5 nitrogen and oxygen atoms in total. The van der Waals surface area contributed by atoms with E-state index >= 15 is 0 Å². The van der Waals surface area contributed by atoms with Crippen molar-refractivity contribution in [3.05, 3.63) is 27.7 Å². The summed E-state index contributed by atoms with van der Waals surface area (Å²) in [6.45, 7) is 3.01. The number of hydrogen-bond acceptors (Lipinski definition) is 4. The molecule has 0 heterocycles. The maximum Gasteiger partial charge on any atom is 0.241 e. The van der Waals surface area contributed by atoms with E-state index in [1.807, 2.05) is 13.0 Å². The average molecular weight is 351 g/mol. The van der Waals surface area contributed by atoms with Gasteiger partial charge in [-0.25, -0.2) is 13.1 Å². The molecule has 0 bridgehead atoms. The Labute approximate surface area is 122 Å². The van der Waals surface area contributed by atoms with E-state index in [4.69, 9.17) is 10.5 Å². The van der Waals surface area contributed by atoms with Crippen LogP contribution < -0.4 is 10.5 Å². The number of aryl methyl sites for hydroxylation is 1. The lowest BCUT2D eigenvalue weighted by molar-refractivity contribution is 0.196. The van der Waals surface area contributed by atoms with E-state index in [0.717, 1.165) is 11.1 Å². The second kappa shape index (κ2) is 7.35. The topological polar surface area (TPSA) is 81.4 Å². The summed E-state index contributed by atoms with van der Waals surface area (Å²) in [4.78, 5) is 0.227. The first-order valence-corrected chi connectivity index (χ1v) is 8.17. The van der Waals surface area contributed by atoms with E-state index in [1.165, 1.54) is 0 Å². The minimum Gasteiger partial charge on any atom is -0.385 e. The van der Waals surface area contributed by atoms with Gasteiger partial charge >= 0.3 is 0 Å². The molecular formula is C12H19BrN2O3S. The van der Waals surface area contributed by atoms with Crippen LogP contribution in [0.4, 0.5) is 0 Å². The van der Waals surface area contributed by atoms with Gasteiger partial charge in [0.1, 0.15) is 0 Å². The number of methoxy groups -OCH3 is 1. The summed E-state index contributed by atoms with van der Waals surface area (Å²) in [5, 5.41) is 0. The first-order chi connectivity index (χ1) is 8.92. The van der Waals surface area contributed by atoms with E-state index in [9.17, 15) is 8.42 Å². The molecule has 0 aliphatic rings. The van der Waals surface area contributed by atoms with Gasteiger partial charge in [-0.15, -0.1) is 0 Å². The molecule has 0 amide bonds. The van der Waals surface area contributed by atoms with Crippen LogP contribution in [0.2, 0.25) is 0 Å². The second-order valence-corrected chi connectivity index (χ2v) is 6.70. The van der Waals surface area contributed by atoms with Crippen LogP contribution in [0.5, 0.6) is 0 Å². The standard InChI is InChI=1S/C12H19BrN2O3S/c1-9-6-10(8-14)7-11(12(9)13)19(16,17)15-4-3-5-18-2/h6-7,15H,3-5,8,14H2,1-2H3. The highest BCUT2D eigenvalue weighted by atomic mass is 79.9. The van der Waals surface area contributed by atoms with Crippen LogP contribution in [0.3, 0.4) is 0 Å². The molecule has 3 N–H and O–H groups in total. The molecule has 108 valence electrons. The summed E-state index contributed by atoms with van der Waals surface area (Å²) in [5.74, 6) is 0. The Morgan fingerprint density at radius 2 is 2.11 bits per heavy atom. The zero-order valence-electron chi connectivity index (χ0n) is 11.1. The predicted molar refractivity (Wildman–Crippen MR) is 78.5 cm³/mol. The van der Waals surface area contributed by atoms with Crippen LogP contribution in [-0.2, 0) is 21.3 Å². The Morgan fingerprint density at radius 1 is 1.42 bits per heavy atom. The third-order valence-electron chi connectivity index (χ3n) is 2.62. The lowest BCUT2D eigenvalue weighted by atomic mass is 10.1. The fraction of sp³-hybridized carbons (Fsp3) is 0.500. The van der Waals surface area contributed by atoms with Crippen molar-refractivity contribution < 1.29 is 13.2 Å². The number of hydrogen-bond donors (Lipinski definition) is 2. The molecule has 19 heavy (non-hydrogen) atoms. The van der Waals surface area contributed by atoms with Crippen LogP contribution >= 0.6 is 15.9 Å². The van der Waals surface area contributed by atoms with Gasteiger partial charge in [0.05, 0.1) is 4.90 Å². The van der Waals surface area contributed by atoms with E-state index in [1.54, 1.807) is 13.2 Å². The van der Waals surface area contributed by atoms with E-state index in [-0.39, 0.29) is 4.90 Å². The first-order valence-electron chi connectivity index (χ1n) is 5.90. The van der Waals surface area contributed by atoms with E-state index < -0.39 is 10.0 Å². The monoisotopic (exact) mass is 350 g/mol. The largest absolute Gasteiger partial charge is 0.385 e. The molecule has 1 aromatic carbocycles. The van der Waals surface area contributed by atoms with Gasteiger partial charge in [-0.3, -0.25) is 0 Å². The third kappa shape index (κ3) is 4.54. The van der Waals surface area contributed by atoms with Gasteiger partial charge in [-0.1, -0.05) is 6.07 Å². The molecule has 0 fully saturated rings. The number of ether oxygens (including phenoxy) is 1. The molecular weight excluding hydrogens is 332 g/mol. The van der Waals surface area contributed by atoms with Gasteiger partial charge in [0.25, 0.3) is 0 Å². The van der Waals surface area contributed by atoms with Crippen molar-refractivity contribution in [1.29, 1.82) is 0 Å². The third-order valence-corrected chi connectivity index (χ3v) is 5.42. The summed E-state index contributed by atoms with van der Waals surface area (Å²) >= 11 is 3.32. The maximum absolute atomic E-state index is 12.2. The number of halogens is 1. The lowest BCUT2D eigenvalue weighted by Crippen LogP contribution is -2.26. The van der Waals surface area contributed by atoms with Gasteiger partial charge in [0.2, 0.25) is 10.0 Å². The molecule has 1 aromatic rings. The Balaban J connectivity index is 2.97. The summed E-state index contributed by atoms with van der Waals surface area (Å²) in [6, 6.07) is 3.46. The van der Waals surface area contributed by atoms with Crippen molar-refractivity contribution in [3.8, 4) is 0 Å². The minimum absolute atomic E-state index is 0.227. The van der Waals surface area contributed by atoms with E-state index in [2.05, 4.69) is 20.7 Å². The summed E-state index contributed by atoms with van der Waals surface area (Å²) in [5.41, 5.74) is 7.21. The molecule has 0 aliphatic heterocycles. The lowest BCUT2D eigenvalue weighted by Gasteiger charge is -2.12. The molecule has 0 atom stereocenters. The molecule has 0 radical (unpaired) electrons. The number of nitrogens with two attached hydrogens (primary N) is 1. The highest BCUT2D eigenvalue weighted by Gasteiger charge is 2.19. The van der Waals surface area contributed by atoms with E-state index in [0.29, 0.717) is 30.6 Å². The molecule has 1 rings (SSSR count). The molecule has 0 saturated carbocycles. The van der Waals surface area contributed by atoms with Crippen molar-refractivity contribution in [2.45, 2.75) is 24.8 Å². The first kappa shape index (κ1) is 16.6. The Kier molecular flexibility index (Phi) is 6.41. The van der Waals surface area contributed by atoms with Crippen molar-refractivity contribution in [3.63, 3.8) is 0 Å². The molecule has 0 aliphatic carbocycles. The SMILES string of the molecule is COCCCNS(=O)(=O)c1cc(CN)cc(C)c1Br. The molecule has 0 spiro atoms. The maximum atomic E-state index is 12.2.